The van der Waals surface area contributed by atoms with E-state index in [0.29, 0.717) is 0 Å². The van der Waals surface area contributed by atoms with Crippen LogP contribution in [0.15, 0.2) is 73.1 Å². The second-order valence-electron chi connectivity index (χ2n) is 7.42. The maximum atomic E-state index is 5.73. The zero-order valence-electron chi connectivity index (χ0n) is 16.8. The Kier molecular flexibility index (Phi) is 4.78. The molecule has 0 amide bonds. The molecule has 0 aliphatic heterocycles. The van der Waals surface area contributed by atoms with Crippen molar-refractivity contribution in [1.29, 1.82) is 0 Å². The quantitative estimate of drug-likeness (QED) is 0.462. The molecule has 2 aromatic heterocycles. The molecule has 4 aromatic rings. The van der Waals surface area contributed by atoms with Crippen molar-refractivity contribution in [3.8, 4) is 28.1 Å². The largest absolute Gasteiger partial charge is 0.491 e. The fourth-order valence-corrected chi connectivity index (χ4v) is 3.30. The van der Waals surface area contributed by atoms with E-state index in [1.54, 1.807) is 0 Å². The number of hydrogen-bond acceptors (Lipinski definition) is 3. The molecule has 0 radical (unpaired) electrons. The van der Waals surface area contributed by atoms with Crippen molar-refractivity contribution in [3.63, 3.8) is 0 Å². The zero-order chi connectivity index (χ0) is 19.7. The first kappa shape index (κ1) is 18.1. The molecule has 0 bridgehead atoms. The molecule has 0 fully saturated rings. The first-order valence-corrected chi connectivity index (χ1v) is 9.53. The van der Waals surface area contributed by atoms with Crippen LogP contribution in [0.4, 0.5) is 5.69 Å². The third kappa shape index (κ3) is 3.58. The molecule has 0 N–H and O–H groups in total. The third-order valence-electron chi connectivity index (χ3n) is 4.75. The number of benzene rings is 2. The average Bonchev–Trinajstić information content (AvgIpc) is 3.11. The Morgan fingerprint density at radius 3 is 2.18 bits per heavy atom. The Hall–Kier alpha value is -3.27. The van der Waals surface area contributed by atoms with Gasteiger partial charge in [0.2, 0.25) is 0 Å². The first-order chi connectivity index (χ1) is 13.5. The monoisotopic (exact) mass is 371 g/mol. The highest BCUT2D eigenvalue weighted by Gasteiger charge is 2.08. The van der Waals surface area contributed by atoms with Gasteiger partial charge < -0.3 is 9.64 Å². The minimum atomic E-state index is 0.178. The second-order valence-corrected chi connectivity index (χ2v) is 7.42. The van der Waals surface area contributed by atoms with E-state index in [4.69, 9.17) is 4.74 Å². The molecule has 4 heteroatoms. The Bertz CT molecular complexity index is 1080. The van der Waals surface area contributed by atoms with Crippen LogP contribution >= 0.6 is 0 Å². The van der Waals surface area contributed by atoms with E-state index in [-0.39, 0.29) is 6.10 Å². The highest BCUT2D eigenvalue weighted by Crippen LogP contribution is 2.27. The normalized spacial score (nSPS) is 11.2. The number of anilines is 1. The van der Waals surface area contributed by atoms with E-state index in [0.717, 1.165) is 33.8 Å². The van der Waals surface area contributed by atoms with Crippen LogP contribution in [0, 0.1) is 0 Å². The van der Waals surface area contributed by atoms with Crippen LogP contribution in [0.3, 0.4) is 0 Å². The summed E-state index contributed by atoms with van der Waals surface area (Å²) in [5.74, 6) is 0.893. The van der Waals surface area contributed by atoms with Gasteiger partial charge in [0.1, 0.15) is 11.4 Å². The number of ether oxygens (including phenoxy) is 1. The van der Waals surface area contributed by atoms with Gasteiger partial charge in [0.05, 0.1) is 18.0 Å². The molecule has 0 spiro atoms. The molecule has 0 atom stereocenters. The number of hydrogen-bond donors (Lipinski definition) is 0. The minimum Gasteiger partial charge on any atom is -0.491 e. The second kappa shape index (κ2) is 7.39. The summed E-state index contributed by atoms with van der Waals surface area (Å²) >= 11 is 0. The number of rotatable bonds is 5. The molecule has 142 valence electrons. The van der Waals surface area contributed by atoms with Crippen molar-refractivity contribution in [3.05, 3.63) is 73.1 Å². The minimum absolute atomic E-state index is 0.178. The van der Waals surface area contributed by atoms with Crippen molar-refractivity contribution in [1.82, 2.24) is 9.38 Å². The first-order valence-electron chi connectivity index (χ1n) is 9.53. The van der Waals surface area contributed by atoms with Crippen molar-refractivity contribution in [2.75, 3.05) is 19.0 Å². The van der Waals surface area contributed by atoms with Gasteiger partial charge in [-0.3, -0.25) is 4.40 Å². The van der Waals surface area contributed by atoms with E-state index in [2.05, 4.69) is 69.0 Å². The average molecular weight is 371 g/mol. The summed E-state index contributed by atoms with van der Waals surface area (Å²) in [7, 11) is 4.10. The van der Waals surface area contributed by atoms with Gasteiger partial charge in [0.25, 0.3) is 0 Å². The SMILES string of the molecule is CC(C)Oc1ccc(-c2ccn3c(-c4ccc(N(C)C)cc4)cnc3c2)cc1. The van der Waals surface area contributed by atoms with Crippen LogP contribution in [0.25, 0.3) is 28.0 Å². The summed E-state index contributed by atoms with van der Waals surface area (Å²) in [4.78, 5) is 6.72. The molecule has 0 unspecified atom stereocenters. The van der Waals surface area contributed by atoms with Gasteiger partial charge >= 0.3 is 0 Å². The van der Waals surface area contributed by atoms with Crippen molar-refractivity contribution in [2.45, 2.75) is 20.0 Å². The molecule has 4 nitrogen and oxygen atoms in total. The lowest BCUT2D eigenvalue weighted by Gasteiger charge is -2.12. The molecule has 2 heterocycles. The molecule has 2 aromatic carbocycles. The van der Waals surface area contributed by atoms with Gasteiger partial charge in [-0.15, -0.1) is 0 Å². The van der Waals surface area contributed by atoms with E-state index >= 15 is 0 Å². The summed E-state index contributed by atoms with van der Waals surface area (Å²) in [6.45, 7) is 4.07. The molecule has 28 heavy (non-hydrogen) atoms. The lowest BCUT2D eigenvalue weighted by molar-refractivity contribution is 0.242. The fraction of sp³-hybridized carbons (Fsp3) is 0.208. The molecule has 0 aliphatic rings. The molecule has 0 aliphatic carbocycles. The third-order valence-corrected chi connectivity index (χ3v) is 4.75. The summed E-state index contributed by atoms with van der Waals surface area (Å²) in [5, 5.41) is 0. The van der Waals surface area contributed by atoms with Gasteiger partial charge in [0, 0.05) is 31.5 Å². The summed E-state index contributed by atoms with van der Waals surface area (Å²) in [5.41, 5.74) is 6.66. The summed E-state index contributed by atoms with van der Waals surface area (Å²) in [6, 6.07) is 21.0. The standard InChI is InChI=1S/C24H25N3O/c1-17(2)28-22-11-7-18(8-12-22)20-13-14-27-23(16-25-24(27)15-20)19-5-9-21(10-6-19)26(3)4/h5-17H,1-4H3. The maximum Gasteiger partial charge on any atom is 0.137 e. The summed E-state index contributed by atoms with van der Waals surface area (Å²) < 4.78 is 7.86. The van der Waals surface area contributed by atoms with E-state index < -0.39 is 0 Å². The van der Waals surface area contributed by atoms with Crippen molar-refractivity contribution >= 4 is 11.3 Å². The number of imidazole rings is 1. The molecule has 0 saturated heterocycles. The molecule has 4 rings (SSSR count). The molecular formula is C24H25N3O. The maximum absolute atomic E-state index is 5.73. The lowest BCUT2D eigenvalue weighted by atomic mass is 10.1. The Morgan fingerprint density at radius 2 is 1.54 bits per heavy atom. The fourth-order valence-electron chi connectivity index (χ4n) is 3.30. The predicted molar refractivity (Wildman–Crippen MR) is 116 cm³/mol. The van der Waals surface area contributed by atoms with Crippen LogP contribution in [0.2, 0.25) is 0 Å². The number of nitrogens with zero attached hydrogens (tertiary/aromatic N) is 3. The van der Waals surface area contributed by atoms with Gasteiger partial charge in [0.15, 0.2) is 0 Å². The van der Waals surface area contributed by atoms with Gasteiger partial charge in [-0.25, -0.2) is 4.98 Å². The van der Waals surface area contributed by atoms with Crippen LogP contribution in [0.1, 0.15) is 13.8 Å². The van der Waals surface area contributed by atoms with Gasteiger partial charge in [-0.05, 0) is 61.4 Å². The smallest absolute Gasteiger partial charge is 0.137 e. The lowest BCUT2D eigenvalue weighted by Crippen LogP contribution is -2.07. The van der Waals surface area contributed by atoms with Crippen molar-refractivity contribution < 1.29 is 4.74 Å². The molecular weight excluding hydrogens is 346 g/mol. The predicted octanol–water partition coefficient (Wildman–Crippen LogP) is 5.52. The highest BCUT2D eigenvalue weighted by atomic mass is 16.5. The summed E-state index contributed by atoms with van der Waals surface area (Å²) in [6.07, 6.45) is 4.20. The van der Waals surface area contributed by atoms with E-state index in [1.165, 1.54) is 5.69 Å². The number of pyridine rings is 1. The van der Waals surface area contributed by atoms with Crippen LogP contribution in [-0.4, -0.2) is 29.6 Å². The Morgan fingerprint density at radius 1 is 0.857 bits per heavy atom. The van der Waals surface area contributed by atoms with Crippen LogP contribution in [0.5, 0.6) is 5.75 Å². The number of fused-ring (bicyclic) bond motifs is 1. The Balaban J connectivity index is 1.64. The zero-order valence-corrected chi connectivity index (χ0v) is 16.8. The van der Waals surface area contributed by atoms with Crippen LogP contribution < -0.4 is 9.64 Å². The number of aromatic nitrogens is 2. The Labute approximate surface area is 166 Å². The van der Waals surface area contributed by atoms with E-state index in [1.807, 2.05) is 46.3 Å². The topological polar surface area (TPSA) is 29.8 Å². The van der Waals surface area contributed by atoms with Crippen LogP contribution in [-0.2, 0) is 0 Å². The van der Waals surface area contributed by atoms with Crippen molar-refractivity contribution in [2.24, 2.45) is 0 Å². The highest BCUT2D eigenvalue weighted by molar-refractivity contribution is 5.71. The van der Waals surface area contributed by atoms with Gasteiger partial charge in [-0.2, -0.15) is 0 Å². The molecule has 0 saturated carbocycles. The van der Waals surface area contributed by atoms with Gasteiger partial charge in [-0.1, -0.05) is 24.3 Å². The van der Waals surface area contributed by atoms with E-state index in [9.17, 15) is 0 Å².